The first-order valence-electron chi connectivity index (χ1n) is 9.06. The molecule has 2 aliphatic carbocycles. The normalized spacial score (nSPS) is 28.9. The van der Waals surface area contributed by atoms with Crippen molar-refractivity contribution in [3.63, 3.8) is 0 Å². The fraction of sp³-hybridized carbons (Fsp3) is 0.632. The van der Waals surface area contributed by atoms with Crippen molar-refractivity contribution < 1.29 is 14.3 Å². The molecule has 1 aromatic rings. The molecule has 0 radical (unpaired) electrons. The maximum Gasteiger partial charge on any atom is 0.258 e. The van der Waals surface area contributed by atoms with Gasteiger partial charge in [0, 0.05) is 12.1 Å². The van der Waals surface area contributed by atoms with Crippen molar-refractivity contribution in [1.29, 1.82) is 0 Å². The van der Waals surface area contributed by atoms with Crippen LogP contribution in [0.1, 0.15) is 39.0 Å². The van der Waals surface area contributed by atoms with Crippen molar-refractivity contribution in [1.82, 2.24) is 5.32 Å². The molecule has 2 fully saturated rings. The Labute approximate surface area is 143 Å². The summed E-state index contributed by atoms with van der Waals surface area (Å²) in [5.41, 5.74) is 6.14. The number of nitrogens with two attached hydrogens (primary N) is 1. The lowest BCUT2D eigenvalue weighted by molar-refractivity contribution is -0.125. The van der Waals surface area contributed by atoms with Crippen LogP contribution < -0.4 is 20.5 Å². The van der Waals surface area contributed by atoms with Crippen LogP contribution >= 0.6 is 0 Å². The first-order chi connectivity index (χ1) is 11.7. The molecule has 0 aliphatic heterocycles. The molecule has 2 atom stereocenters. The summed E-state index contributed by atoms with van der Waals surface area (Å²) in [4.78, 5) is 12.3. The predicted octanol–water partition coefficient (Wildman–Crippen LogP) is 2.49. The quantitative estimate of drug-likeness (QED) is 0.839. The highest BCUT2D eigenvalue weighted by Crippen LogP contribution is 2.39. The van der Waals surface area contributed by atoms with Gasteiger partial charge in [-0.3, -0.25) is 4.79 Å². The van der Waals surface area contributed by atoms with Crippen LogP contribution in [-0.4, -0.2) is 31.2 Å². The number of rotatable bonds is 6. The fourth-order valence-electron chi connectivity index (χ4n) is 4.20. The van der Waals surface area contributed by atoms with E-state index in [2.05, 4.69) is 5.32 Å². The molecule has 3 N–H and O–H groups in total. The van der Waals surface area contributed by atoms with Gasteiger partial charge < -0.3 is 20.5 Å². The summed E-state index contributed by atoms with van der Waals surface area (Å²) in [5.74, 6) is 2.50. The van der Waals surface area contributed by atoms with Gasteiger partial charge in [-0.15, -0.1) is 0 Å². The Morgan fingerprint density at radius 3 is 2.29 bits per heavy atom. The van der Waals surface area contributed by atoms with Crippen molar-refractivity contribution in [3.8, 4) is 11.5 Å². The second kappa shape index (κ2) is 7.88. The Balaban J connectivity index is 1.48. The van der Waals surface area contributed by atoms with Crippen LogP contribution in [0.3, 0.4) is 0 Å². The van der Waals surface area contributed by atoms with Gasteiger partial charge in [0.05, 0.1) is 6.61 Å². The molecule has 5 heteroatoms. The first-order valence-corrected chi connectivity index (χ1v) is 9.06. The van der Waals surface area contributed by atoms with E-state index in [0.29, 0.717) is 30.2 Å². The third-order valence-corrected chi connectivity index (χ3v) is 5.21. The maximum atomic E-state index is 12.3. The second-order valence-corrected chi connectivity index (χ2v) is 6.97. The Morgan fingerprint density at radius 1 is 1.12 bits per heavy atom. The van der Waals surface area contributed by atoms with E-state index in [-0.39, 0.29) is 18.6 Å². The van der Waals surface area contributed by atoms with Crippen LogP contribution in [0, 0.1) is 11.8 Å². The minimum absolute atomic E-state index is 0.0405. The van der Waals surface area contributed by atoms with Crippen LogP contribution in [0.4, 0.5) is 0 Å². The molecule has 1 aromatic carbocycles. The molecule has 0 heterocycles. The number of amides is 1. The Hall–Kier alpha value is -1.75. The summed E-state index contributed by atoms with van der Waals surface area (Å²) in [7, 11) is 0. The Kier molecular flexibility index (Phi) is 5.61. The third-order valence-electron chi connectivity index (χ3n) is 5.21. The van der Waals surface area contributed by atoms with Gasteiger partial charge in [0.15, 0.2) is 6.61 Å². The van der Waals surface area contributed by atoms with Crippen molar-refractivity contribution in [2.24, 2.45) is 17.6 Å². The summed E-state index contributed by atoms with van der Waals surface area (Å²) in [6.07, 6.45) is 5.67. The van der Waals surface area contributed by atoms with Gasteiger partial charge in [-0.25, -0.2) is 0 Å². The van der Waals surface area contributed by atoms with Crippen molar-refractivity contribution >= 4 is 5.91 Å². The predicted molar refractivity (Wildman–Crippen MR) is 93.1 cm³/mol. The van der Waals surface area contributed by atoms with Gasteiger partial charge in [0.1, 0.15) is 11.5 Å². The minimum atomic E-state index is -0.0405. The van der Waals surface area contributed by atoms with E-state index in [9.17, 15) is 4.79 Å². The summed E-state index contributed by atoms with van der Waals surface area (Å²) in [6.45, 7) is 2.63. The third kappa shape index (κ3) is 4.20. The van der Waals surface area contributed by atoms with Crippen molar-refractivity contribution in [2.75, 3.05) is 13.2 Å². The molecule has 24 heavy (non-hydrogen) atoms. The summed E-state index contributed by atoms with van der Waals surface area (Å²) < 4.78 is 11.0. The van der Waals surface area contributed by atoms with E-state index in [0.717, 1.165) is 18.6 Å². The molecule has 0 saturated heterocycles. The molecule has 2 saturated carbocycles. The molecular formula is C19H28N2O3. The molecule has 2 aliphatic rings. The molecular weight excluding hydrogens is 304 g/mol. The highest BCUT2D eigenvalue weighted by atomic mass is 16.5. The lowest BCUT2D eigenvalue weighted by Gasteiger charge is -2.45. The lowest BCUT2D eigenvalue weighted by Crippen LogP contribution is -2.54. The maximum absolute atomic E-state index is 12.3. The van der Waals surface area contributed by atoms with Crippen LogP contribution in [0.25, 0.3) is 0 Å². The number of fused-ring (bicyclic) bond motifs is 2. The van der Waals surface area contributed by atoms with Gasteiger partial charge in [0.2, 0.25) is 0 Å². The summed E-state index contributed by atoms with van der Waals surface area (Å²) in [5, 5.41) is 3.20. The monoisotopic (exact) mass is 332 g/mol. The van der Waals surface area contributed by atoms with Crippen LogP contribution in [0.15, 0.2) is 24.3 Å². The van der Waals surface area contributed by atoms with Gasteiger partial charge >= 0.3 is 0 Å². The number of carbonyl (C=O) groups excluding carboxylic acids is 1. The smallest absolute Gasteiger partial charge is 0.258 e. The molecule has 2 bridgehead atoms. The van der Waals surface area contributed by atoms with E-state index < -0.39 is 0 Å². The van der Waals surface area contributed by atoms with Crippen molar-refractivity contribution in [2.45, 2.75) is 51.1 Å². The zero-order chi connectivity index (χ0) is 16.9. The topological polar surface area (TPSA) is 73.6 Å². The zero-order valence-corrected chi connectivity index (χ0v) is 14.4. The molecule has 0 aromatic heterocycles. The number of benzene rings is 1. The number of hydrogen-bond donors (Lipinski definition) is 2. The highest BCUT2D eigenvalue weighted by molar-refractivity contribution is 5.78. The molecule has 132 valence electrons. The van der Waals surface area contributed by atoms with Gasteiger partial charge in [-0.05, 0) is 68.7 Å². The number of ether oxygens (including phenoxy) is 2. The lowest BCUT2D eigenvalue weighted by atomic mass is 9.67. The van der Waals surface area contributed by atoms with E-state index in [4.69, 9.17) is 15.2 Å². The van der Waals surface area contributed by atoms with E-state index in [1.807, 2.05) is 31.2 Å². The number of hydrogen-bond acceptors (Lipinski definition) is 4. The van der Waals surface area contributed by atoms with Crippen LogP contribution in [0.5, 0.6) is 11.5 Å². The average Bonchev–Trinajstić information content (AvgIpc) is 2.55. The molecule has 5 nitrogen and oxygen atoms in total. The molecule has 0 spiro atoms. The van der Waals surface area contributed by atoms with E-state index in [1.165, 1.54) is 19.3 Å². The molecule has 3 rings (SSSR count). The van der Waals surface area contributed by atoms with E-state index in [1.54, 1.807) is 0 Å². The SMILES string of the molecule is CCOc1ccc(OCC(=O)NC2C3CCCC2CC(N)C3)cc1. The van der Waals surface area contributed by atoms with E-state index >= 15 is 0 Å². The summed E-state index contributed by atoms with van der Waals surface area (Å²) in [6, 6.07) is 7.93. The van der Waals surface area contributed by atoms with Crippen LogP contribution in [-0.2, 0) is 4.79 Å². The Bertz CT molecular complexity index is 532. The van der Waals surface area contributed by atoms with Gasteiger partial charge in [-0.1, -0.05) is 6.42 Å². The highest BCUT2D eigenvalue weighted by Gasteiger charge is 2.39. The fourth-order valence-corrected chi connectivity index (χ4v) is 4.20. The average molecular weight is 332 g/mol. The first kappa shape index (κ1) is 17.1. The van der Waals surface area contributed by atoms with Crippen molar-refractivity contribution in [3.05, 3.63) is 24.3 Å². The largest absolute Gasteiger partial charge is 0.494 e. The second-order valence-electron chi connectivity index (χ2n) is 6.97. The summed E-state index contributed by atoms with van der Waals surface area (Å²) >= 11 is 0. The number of carbonyl (C=O) groups is 1. The number of nitrogens with one attached hydrogen (secondary N) is 1. The van der Waals surface area contributed by atoms with Crippen LogP contribution in [0.2, 0.25) is 0 Å². The van der Waals surface area contributed by atoms with Gasteiger partial charge in [-0.2, -0.15) is 0 Å². The standard InChI is InChI=1S/C19H28N2O3/c1-2-23-16-6-8-17(9-7-16)24-12-18(22)21-19-13-4-3-5-14(19)11-15(20)10-13/h6-9,13-15,19H,2-5,10-12,20H2,1H3,(H,21,22). The molecule has 1 amide bonds. The Morgan fingerprint density at radius 2 is 1.71 bits per heavy atom. The zero-order valence-electron chi connectivity index (χ0n) is 14.4. The minimum Gasteiger partial charge on any atom is -0.494 e. The molecule has 2 unspecified atom stereocenters. The van der Waals surface area contributed by atoms with Gasteiger partial charge in [0.25, 0.3) is 5.91 Å².